The van der Waals surface area contributed by atoms with Crippen molar-refractivity contribution in [3.05, 3.63) is 78.2 Å². The second-order valence-corrected chi connectivity index (χ2v) is 11.4. The first-order valence-electron chi connectivity index (χ1n) is 11.1. The van der Waals surface area contributed by atoms with E-state index in [1.165, 1.54) is 6.26 Å². The van der Waals surface area contributed by atoms with Crippen molar-refractivity contribution in [2.75, 3.05) is 6.26 Å². The van der Waals surface area contributed by atoms with Crippen molar-refractivity contribution in [2.45, 2.75) is 25.0 Å². The third kappa shape index (κ3) is 4.44. The van der Waals surface area contributed by atoms with Crippen LogP contribution < -0.4 is 0 Å². The molecule has 0 amide bonds. The molecule has 5 aromatic rings. The minimum atomic E-state index is -3.14. The minimum Gasteiger partial charge on any atom is -0.615 e. The SMILES string of the molecule is CC(C)(C#N)c1ccc(-c2n[nH]c3cnc4ccc(-c5ccc(C[S+](C)(=O)[O-])nc5)cc4c23)cc1. The number of pyridine rings is 2. The Hall–Kier alpha value is -3.93. The molecule has 0 saturated heterocycles. The van der Waals surface area contributed by atoms with Crippen molar-refractivity contribution in [1.82, 2.24) is 20.2 Å². The molecular weight excluding hydrogens is 458 g/mol. The Balaban J connectivity index is 1.59. The van der Waals surface area contributed by atoms with Crippen LogP contribution in [0.3, 0.4) is 0 Å². The van der Waals surface area contributed by atoms with Crippen LogP contribution in [0.1, 0.15) is 25.1 Å². The standard InChI is InChI=1S/C27H23N5O2S/c1-27(2,16-28)20-8-4-17(5-9-20)26-25-22-12-18(7-11-23(22)30-14-24(25)31-32-26)19-6-10-21(29-13-19)15-35(3,33)34/h4-14H,15H2,1-3H3,(H-,31,32,33,34). The van der Waals surface area contributed by atoms with Gasteiger partial charge in [-0.15, -0.1) is 4.21 Å². The van der Waals surface area contributed by atoms with Gasteiger partial charge in [0, 0.05) is 38.3 Å². The number of nitrogens with zero attached hydrogens (tertiary/aromatic N) is 4. The second-order valence-electron chi connectivity index (χ2n) is 9.27. The summed E-state index contributed by atoms with van der Waals surface area (Å²) < 4.78 is 23.1. The molecule has 0 aliphatic carbocycles. The summed E-state index contributed by atoms with van der Waals surface area (Å²) in [6, 6.07) is 19.9. The third-order valence-electron chi connectivity index (χ3n) is 6.12. The maximum atomic E-state index is 11.6. The van der Waals surface area contributed by atoms with Gasteiger partial charge in [0.05, 0.1) is 40.7 Å². The first-order valence-corrected chi connectivity index (χ1v) is 13.1. The number of nitriles is 1. The van der Waals surface area contributed by atoms with Crippen molar-refractivity contribution in [3.8, 4) is 28.5 Å². The molecule has 0 aliphatic heterocycles. The molecule has 0 radical (unpaired) electrons. The quantitative estimate of drug-likeness (QED) is 0.336. The highest BCUT2D eigenvalue weighted by Crippen LogP contribution is 2.35. The molecule has 0 saturated carbocycles. The summed E-state index contributed by atoms with van der Waals surface area (Å²) in [5.41, 5.74) is 6.15. The monoisotopic (exact) mass is 481 g/mol. The van der Waals surface area contributed by atoms with Crippen LogP contribution in [0, 0.1) is 11.3 Å². The Labute approximate surface area is 204 Å². The van der Waals surface area contributed by atoms with E-state index in [4.69, 9.17) is 0 Å². The van der Waals surface area contributed by atoms with Crippen LogP contribution >= 0.6 is 0 Å². The Bertz CT molecular complexity index is 1640. The molecule has 0 aliphatic rings. The minimum absolute atomic E-state index is 0.0851. The number of sulfone groups is 1. The zero-order chi connectivity index (χ0) is 24.8. The van der Waals surface area contributed by atoms with Crippen molar-refractivity contribution in [1.29, 1.82) is 5.26 Å². The fourth-order valence-corrected chi connectivity index (χ4v) is 4.86. The van der Waals surface area contributed by atoms with E-state index in [9.17, 15) is 14.0 Å². The summed E-state index contributed by atoms with van der Waals surface area (Å²) in [7, 11) is -3.14. The molecule has 7 nitrogen and oxygen atoms in total. The molecule has 8 heteroatoms. The van der Waals surface area contributed by atoms with E-state index in [0.717, 1.165) is 49.8 Å². The lowest BCUT2D eigenvalue weighted by molar-refractivity contribution is 0.483. The van der Waals surface area contributed by atoms with E-state index in [0.29, 0.717) is 5.69 Å². The molecule has 1 N–H and O–H groups in total. The van der Waals surface area contributed by atoms with Gasteiger partial charge in [0.2, 0.25) is 0 Å². The normalized spacial score (nSPS) is 13.6. The summed E-state index contributed by atoms with van der Waals surface area (Å²) in [6.07, 6.45) is 4.67. The van der Waals surface area contributed by atoms with E-state index in [2.05, 4.69) is 32.3 Å². The summed E-state index contributed by atoms with van der Waals surface area (Å²) in [4.78, 5) is 8.91. The Morgan fingerprint density at radius 3 is 2.37 bits per heavy atom. The van der Waals surface area contributed by atoms with Crippen molar-refractivity contribution in [3.63, 3.8) is 0 Å². The van der Waals surface area contributed by atoms with Gasteiger partial charge >= 0.3 is 0 Å². The van der Waals surface area contributed by atoms with Crippen LogP contribution in [0.25, 0.3) is 44.2 Å². The molecule has 5 rings (SSSR count). The van der Waals surface area contributed by atoms with Gasteiger partial charge in [0.15, 0.2) is 5.75 Å². The largest absolute Gasteiger partial charge is 0.615 e. The molecular formula is C27H23N5O2S. The number of aromatic amines is 1. The lowest BCUT2D eigenvalue weighted by atomic mass is 9.86. The molecule has 0 fully saturated rings. The number of aromatic nitrogens is 4. The van der Waals surface area contributed by atoms with Crippen LogP contribution in [-0.2, 0) is 25.6 Å². The lowest BCUT2D eigenvalue weighted by Gasteiger charge is -2.15. The Morgan fingerprint density at radius 2 is 1.71 bits per heavy atom. The van der Waals surface area contributed by atoms with Gasteiger partial charge in [-0.2, -0.15) is 10.4 Å². The summed E-state index contributed by atoms with van der Waals surface area (Å²) >= 11 is 0. The van der Waals surface area contributed by atoms with Gasteiger partial charge in [-0.25, -0.2) is 0 Å². The number of benzene rings is 2. The van der Waals surface area contributed by atoms with Gasteiger partial charge in [-0.3, -0.25) is 15.1 Å². The van der Waals surface area contributed by atoms with Crippen molar-refractivity contribution < 1.29 is 8.76 Å². The highest BCUT2D eigenvalue weighted by atomic mass is 32.3. The average molecular weight is 482 g/mol. The Morgan fingerprint density at radius 1 is 1.00 bits per heavy atom. The molecule has 3 heterocycles. The van der Waals surface area contributed by atoms with Crippen LogP contribution in [0.2, 0.25) is 0 Å². The van der Waals surface area contributed by atoms with Crippen LogP contribution in [0.5, 0.6) is 0 Å². The van der Waals surface area contributed by atoms with Crippen LogP contribution in [0.4, 0.5) is 0 Å². The average Bonchev–Trinajstić information content (AvgIpc) is 3.28. The fourth-order valence-electron chi connectivity index (χ4n) is 4.15. The molecule has 1 atom stereocenters. The smallest absolute Gasteiger partial charge is 0.151 e. The summed E-state index contributed by atoms with van der Waals surface area (Å²) in [5.74, 6) is -0.0851. The van der Waals surface area contributed by atoms with Crippen LogP contribution in [-0.4, -0.2) is 31.0 Å². The fraction of sp³-hybridized carbons (Fsp3) is 0.185. The molecule has 1 unspecified atom stereocenters. The summed E-state index contributed by atoms with van der Waals surface area (Å²) in [5, 5.41) is 19.0. The van der Waals surface area contributed by atoms with Gasteiger partial charge in [0.25, 0.3) is 0 Å². The molecule has 0 bridgehead atoms. The molecule has 3 aromatic heterocycles. The van der Waals surface area contributed by atoms with E-state index in [-0.39, 0.29) is 5.75 Å². The second kappa shape index (κ2) is 8.38. The number of fused-ring (bicyclic) bond motifs is 3. The highest BCUT2D eigenvalue weighted by molar-refractivity contribution is 7.96. The molecule has 2 aromatic carbocycles. The first kappa shape index (κ1) is 22.8. The maximum absolute atomic E-state index is 11.6. The summed E-state index contributed by atoms with van der Waals surface area (Å²) in [6.45, 7) is 3.80. The zero-order valence-corrected chi connectivity index (χ0v) is 20.4. The van der Waals surface area contributed by atoms with Gasteiger partial charge in [-0.05, 0) is 43.2 Å². The van der Waals surface area contributed by atoms with E-state index in [1.807, 2.05) is 56.3 Å². The number of hydrogen-bond donors (Lipinski definition) is 1. The predicted octanol–water partition coefficient (Wildman–Crippen LogP) is 5.40. The van der Waals surface area contributed by atoms with E-state index >= 15 is 0 Å². The topological polar surface area (TPSA) is 118 Å². The van der Waals surface area contributed by atoms with E-state index < -0.39 is 15.6 Å². The Kier molecular flexibility index (Phi) is 5.47. The lowest BCUT2D eigenvalue weighted by Crippen LogP contribution is -2.13. The van der Waals surface area contributed by atoms with Crippen LogP contribution in [0.15, 0.2) is 67.0 Å². The highest BCUT2D eigenvalue weighted by Gasteiger charge is 2.20. The molecule has 35 heavy (non-hydrogen) atoms. The number of rotatable bonds is 5. The third-order valence-corrected chi connectivity index (χ3v) is 6.94. The van der Waals surface area contributed by atoms with Gasteiger partial charge in [0.1, 0.15) is 5.69 Å². The number of H-pyrrole nitrogens is 1. The number of nitrogens with one attached hydrogen (secondary N) is 1. The number of hydrogen-bond acceptors (Lipinski definition) is 6. The first-order chi connectivity index (χ1) is 16.6. The predicted molar refractivity (Wildman–Crippen MR) is 137 cm³/mol. The maximum Gasteiger partial charge on any atom is 0.151 e. The van der Waals surface area contributed by atoms with Crippen molar-refractivity contribution >= 4 is 32.0 Å². The van der Waals surface area contributed by atoms with Gasteiger partial charge in [-0.1, -0.05) is 36.4 Å². The van der Waals surface area contributed by atoms with E-state index in [1.54, 1.807) is 18.5 Å². The van der Waals surface area contributed by atoms with Gasteiger partial charge < -0.3 is 4.55 Å². The molecule has 0 spiro atoms. The molecule has 174 valence electrons. The zero-order valence-electron chi connectivity index (χ0n) is 19.6. The van der Waals surface area contributed by atoms with Crippen molar-refractivity contribution in [2.24, 2.45) is 0 Å².